The first-order valence-electron chi connectivity index (χ1n) is 9.05. The Labute approximate surface area is 149 Å². The predicted molar refractivity (Wildman–Crippen MR) is 101 cm³/mol. The van der Waals surface area contributed by atoms with Crippen LogP contribution in [0.15, 0.2) is 53.5 Å². The van der Waals surface area contributed by atoms with Crippen LogP contribution in [0.4, 0.5) is 0 Å². The maximum absolute atomic E-state index is 10.2. The summed E-state index contributed by atoms with van der Waals surface area (Å²) in [7, 11) is 0. The molecular formula is C21H26N2O2. The third-order valence-corrected chi connectivity index (χ3v) is 4.48. The maximum atomic E-state index is 10.2. The van der Waals surface area contributed by atoms with E-state index in [9.17, 15) is 5.11 Å². The lowest BCUT2D eigenvalue weighted by molar-refractivity contribution is 0.340. The number of phenols is 1. The van der Waals surface area contributed by atoms with Gasteiger partial charge in [-0.1, -0.05) is 31.5 Å². The number of phenolic OH excluding ortho intramolecular Hbond substituents is 1. The highest BCUT2D eigenvalue weighted by molar-refractivity contribution is 6.01. The van der Waals surface area contributed by atoms with E-state index in [0.717, 1.165) is 41.9 Å². The Morgan fingerprint density at radius 1 is 1.12 bits per heavy atom. The van der Waals surface area contributed by atoms with Gasteiger partial charge in [-0.15, -0.1) is 0 Å². The molecule has 0 saturated heterocycles. The van der Waals surface area contributed by atoms with E-state index in [1.54, 1.807) is 6.07 Å². The summed E-state index contributed by atoms with van der Waals surface area (Å²) < 4.78 is 5.53. The van der Waals surface area contributed by atoms with Gasteiger partial charge in [0.05, 0.1) is 6.61 Å². The van der Waals surface area contributed by atoms with Crippen molar-refractivity contribution >= 4 is 5.71 Å². The molecule has 2 N–H and O–H groups in total. The minimum Gasteiger partial charge on any atom is -0.508 e. The molecule has 0 aliphatic carbocycles. The lowest BCUT2D eigenvalue weighted by Gasteiger charge is -2.30. The molecule has 0 spiro atoms. The third kappa shape index (κ3) is 4.20. The molecule has 1 aliphatic rings. The molecule has 2 aromatic rings. The zero-order chi connectivity index (χ0) is 17.6. The SMILES string of the molecule is CCC[C@@H]1N=C(c2ccc(OCC)cc2)C[C@H](c2ccccc2O)N1. The summed E-state index contributed by atoms with van der Waals surface area (Å²) in [5, 5.41) is 13.8. The molecule has 0 bridgehead atoms. The van der Waals surface area contributed by atoms with E-state index < -0.39 is 0 Å². The summed E-state index contributed by atoms with van der Waals surface area (Å²) in [6, 6.07) is 15.7. The normalized spacial score (nSPS) is 20.2. The minimum absolute atomic E-state index is 0.0665. The van der Waals surface area contributed by atoms with Gasteiger partial charge < -0.3 is 9.84 Å². The summed E-state index contributed by atoms with van der Waals surface area (Å²) in [6.45, 7) is 4.81. The van der Waals surface area contributed by atoms with Crippen molar-refractivity contribution in [1.29, 1.82) is 0 Å². The lowest BCUT2D eigenvalue weighted by atomic mass is 9.94. The monoisotopic (exact) mass is 338 g/mol. The molecule has 0 unspecified atom stereocenters. The first-order chi connectivity index (χ1) is 12.2. The van der Waals surface area contributed by atoms with Crippen molar-refractivity contribution in [3.05, 3.63) is 59.7 Å². The van der Waals surface area contributed by atoms with Crippen molar-refractivity contribution in [3.8, 4) is 11.5 Å². The second-order valence-corrected chi connectivity index (χ2v) is 6.32. The number of nitrogens with one attached hydrogen (secondary N) is 1. The van der Waals surface area contributed by atoms with Crippen LogP contribution in [-0.4, -0.2) is 23.6 Å². The van der Waals surface area contributed by atoms with Gasteiger partial charge in [0.15, 0.2) is 0 Å². The first-order valence-corrected chi connectivity index (χ1v) is 9.05. The molecule has 0 radical (unpaired) electrons. The Hall–Kier alpha value is -2.33. The average molecular weight is 338 g/mol. The second kappa shape index (κ2) is 8.17. The van der Waals surface area contributed by atoms with Gasteiger partial charge in [-0.25, -0.2) is 0 Å². The fraction of sp³-hybridized carbons (Fsp3) is 0.381. The van der Waals surface area contributed by atoms with Gasteiger partial charge in [-0.2, -0.15) is 0 Å². The number of ether oxygens (including phenoxy) is 1. The number of para-hydroxylation sites is 1. The lowest BCUT2D eigenvalue weighted by Crippen LogP contribution is -2.38. The highest BCUT2D eigenvalue weighted by Gasteiger charge is 2.26. The molecule has 1 heterocycles. The smallest absolute Gasteiger partial charge is 0.120 e. The van der Waals surface area contributed by atoms with Crippen molar-refractivity contribution in [2.24, 2.45) is 4.99 Å². The molecule has 2 aromatic carbocycles. The zero-order valence-corrected chi connectivity index (χ0v) is 14.9. The zero-order valence-electron chi connectivity index (χ0n) is 14.9. The number of aliphatic imine (C=N–C) groups is 1. The fourth-order valence-electron chi connectivity index (χ4n) is 3.27. The summed E-state index contributed by atoms with van der Waals surface area (Å²) in [5.41, 5.74) is 3.13. The van der Waals surface area contributed by atoms with Crippen molar-refractivity contribution in [2.75, 3.05) is 6.61 Å². The van der Waals surface area contributed by atoms with E-state index in [1.807, 2.05) is 37.3 Å². The molecule has 0 aromatic heterocycles. The summed E-state index contributed by atoms with van der Waals surface area (Å²) in [6.07, 6.45) is 2.87. The summed E-state index contributed by atoms with van der Waals surface area (Å²) in [4.78, 5) is 4.91. The molecule has 0 fully saturated rings. The van der Waals surface area contributed by atoms with Crippen LogP contribution in [0.1, 0.15) is 50.3 Å². The van der Waals surface area contributed by atoms with Crippen LogP contribution in [0.25, 0.3) is 0 Å². The molecule has 132 valence electrons. The average Bonchev–Trinajstić information content (AvgIpc) is 2.63. The molecule has 0 saturated carbocycles. The quantitative estimate of drug-likeness (QED) is 0.818. The molecule has 1 aliphatic heterocycles. The number of benzene rings is 2. The van der Waals surface area contributed by atoms with Gasteiger partial charge in [0, 0.05) is 23.7 Å². The van der Waals surface area contributed by atoms with Gasteiger partial charge in [0.1, 0.15) is 17.7 Å². The van der Waals surface area contributed by atoms with E-state index in [0.29, 0.717) is 12.4 Å². The van der Waals surface area contributed by atoms with Crippen LogP contribution in [0.3, 0.4) is 0 Å². The van der Waals surface area contributed by atoms with E-state index in [-0.39, 0.29) is 12.2 Å². The van der Waals surface area contributed by atoms with Crippen molar-refractivity contribution in [3.63, 3.8) is 0 Å². The minimum atomic E-state index is 0.0665. The summed E-state index contributed by atoms with van der Waals surface area (Å²) >= 11 is 0. The molecule has 25 heavy (non-hydrogen) atoms. The van der Waals surface area contributed by atoms with Gasteiger partial charge in [0.2, 0.25) is 0 Å². The topological polar surface area (TPSA) is 53.9 Å². The molecule has 0 amide bonds. The predicted octanol–water partition coefficient (Wildman–Crippen LogP) is 4.44. The van der Waals surface area contributed by atoms with Gasteiger partial charge >= 0.3 is 0 Å². The van der Waals surface area contributed by atoms with Crippen LogP contribution >= 0.6 is 0 Å². The highest BCUT2D eigenvalue weighted by atomic mass is 16.5. The Balaban J connectivity index is 1.87. The Morgan fingerprint density at radius 2 is 1.88 bits per heavy atom. The van der Waals surface area contributed by atoms with Crippen molar-refractivity contribution in [2.45, 2.75) is 45.3 Å². The van der Waals surface area contributed by atoms with Crippen LogP contribution in [0, 0.1) is 0 Å². The van der Waals surface area contributed by atoms with E-state index in [4.69, 9.17) is 9.73 Å². The molecule has 4 heteroatoms. The van der Waals surface area contributed by atoms with E-state index >= 15 is 0 Å². The Bertz CT molecular complexity index is 725. The number of aromatic hydroxyl groups is 1. The standard InChI is InChI=1S/C21H26N2O2/c1-3-7-21-22-18(15-10-12-16(13-11-15)25-4-2)14-19(23-21)17-8-5-6-9-20(17)24/h5-6,8-13,19,21,23-24H,3-4,7,14H2,1-2H3/t19-,21-/m1/s1. The van der Waals surface area contributed by atoms with Crippen LogP contribution in [0.5, 0.6) is 11.5 Å². The Kier molecular flexibility index (Phi) is 5.71. The molecular weight excluding hydrogens is 312 g/mol. The second-order valence-electron chi connectivity index (χ2n) is 6.32. The Morgan fingerprint density at radius 3 is 2.56 bits per heavy atom. The van der Waals surface area contributed by atoms with Gasteiger partial charge in [0.25, 0.3) is 0 Å². The fourth-order valence-corrected chi connectivity index (χ4v) is 3.27. The summed E-state index contributed by atoms with van der Waals surface area (Å²) in [5.74, 6) is 1.21. The largest absolute Gasteiger partial charge is 0.508 e. The number of rotatable bonds is 6. The number of hydrogen-bond donors (Lipinski definition) is 2. The number of nitrogens with zero attached hydrogens (tertiary/aromatic N) is 1. The molecule has 2 atom stereocenters. The van der Waals surface area contributed by atoms with Crippen LogP contribution in [-0.2, 0) is 0 Å². The number of hydrogen-bond acceptors (Lipinski definition) is 4. The van der Waals surface area contributed by atoms with Crippen molar-refractivity contribution < 1.29 is 9.84 Å². The van der Waals surface area contributed by atoms with Crippen LogP contribution < -0.4 is 10.1 Å². The van der Waals surface area contributed by atoms with Gasteiger partial charge in [-0.3, -0.25) is 10.3 Å². The molecule has 3 rings (SSSR count). The van der Waals surface area contributed by atoms with Gasteiger partial charge in [-0.05, 0) is 49.2 Å². The van der Waals surface area contributed by atoms with E-state index in [1.165, 1.54) is 0 Å². The molecule has 4 nitrogen and oxygen atoms in total. The maximum Gasteiger partial charge on any atom is 0.120 e. The first kappa shape index (κ1) is 17.5. The van der Waals surface area contributed by atoms with Crippen molar-refractivity contribution in [1.82, 2.24) is 5.32 Å². The van der Waals surface area contributed by atoms with E-state index in [2.05, 4.69) is 24.4 Å². The highest BCUT2D eigenvalue weighted by Crippen LogP contribution is 2.31. The van der Waals surface area contributed by atoms with Crippen LogP contribution in [0.2, 0.25) is 0 Å². The third-order valence-electron chi connectivity index (χ3n) is 4.48.